The van der Waals surface area contributed by atoms with Crippen LogP contribution >= 0.6 is 15.9 Å². The lowest BCUT2D eigenvalue weighted by Gasteiger charge is -2.20. The van der Waals surface area contributed by atoms with Gasteiger partial charge in [0.25, 0.3) is 5.56 Å². The lowest BCUT2D eigenvalue weighted by molar-refractivity contribution is -0.385. The molecule has 3 rings (SSSR count). The molecular weight excluding hydrogens is 428 g/mol. The fraction of sp³-hybridized carbons (Fsp3) is 0.211. The van der Waals surface area contributed by atoms with Crippen molar-refractivity contribution in [2.45, 2.75) is 26.2 Å². The summed E-state index contributed by atoms with van der Waals surface area (Å²) >= 11 is 3.35. The normalized spacial score (nSPS) is 12.0. The molecule has 0 aliphatic rings. The Labute approximate surface area is 168 Å². The number of fused-ring (bicyclic) bond motifs is 1. The van der Waals surface area contributed by atoms with Crippen molar-refractivity contribution in [1.82, 2.24) is 9.66 Å². The van der Waals surface area contributed by atoms with Crippen LogP contribution in [0.15, 0.2) is 50.8 Å². The van der Waals surface area contributed by atoms with E-state index >= 15 is 0 Å². The second-order valence-electron chi connectivity index (χ2n) is 7.21. The number of phenolic OH excluding ortho intramolecular Hbond substituents is 1. The van der Waals surface area contributed by atoms with Gasteiger partial charge in [0.2, 0.25) is 0 Å². The number of hydrogen-bond donors (Lipinski definition) is 1. The highest BCUT2D eigenvalue weighted by molar-refractivity contribution is 9.10. The number of halogens is 1. The van der Waals surface area contributed by atoms with Gasteiger partial charge in [0, 0.05) is 21.5 Å². The Balaban J connectivity index is 2.20. The number of aromatic nitrogens is 2. The summed E-state index contributed by atoms with van der Waals surface area (Å²) in [6, 6.07) is 9.11. The molecule has 144 valence electrons. The molecule has 0 saturated carbocycles. The van der Waals surface area contributed by atoms with Crippen LogP contribution in [0, 0.1) is 10.1 Å². The van der Waals surface area contributed by atoms with E-state index in [9.17, 15) is 20.0 Å². The minimum absolute atomic E-state index is 0.347. The van der Waals surface area contributed by atoms with Crippen molar-refractivity contribution < 1.29 is 10.0 Å². The van der Waals surface area contributed by atoms with E-state index in [0.29, 0.717) is 22.3 Å². The average molecular weight is 445 g/mol. The number of hydrogen-bond acceptors (Lipinski definition) is 6. The van der Waals surface area contributed by atoms with Crippen molar-refractivity contribution in [1.29, 1.82) is 0 Å². The van der Waals surface area contributed by atoms with E-state index in [4.69, 9.17) is 0 Å². The van der Waals surface area contributed by atoms with Crippen LogP contribution < -0.4 is 5.56 Å². The van der Waals surface area contributed by atoms with E-state index < -0.39 is 21.8 Å². The Morgan fingerprint density at radius 1 is 1.25 bits per heavy atom. The molecular formula is C19H17BrN4O4. The van der Waals surface area contributed by atoms with E-state index in [1.165, 1.54) is 29.1 Å². The number of benzene rings is 2. The maximum Gasteiger partial charge on any atom is 0.311 e. The second kappa shape index (κ2) is 7.16. The third-order valence-corrected chi connectivity index (χ3v) is 4.49. The Morgan fingerprint density at radius 2 is 1.96 bits per heavy atom. The zero-order chi connectivity index (χ0) is 20.6. The van der Waals surface area contributed by atoms with Gasteiger partial charge in [0.1, 0.15) is 5.82 Å². The highest BCUT2D eigenvalue weighted by atomic mass is 79.9. The predicted octanol–water partition coefficient (Wildman–Crippen LogP) is 3.95. The molecule has 0 fully saturated rings. The van der Waals surface area contributed by atoms with Crippen LogP contribution in [0.4, 0.5) is 5.69 Å². The van der Waals surface area contributed by atoms with Gasteiger partial charge in [-0.15, -0.1) is 0 Å². The van der Waals surface area contributed by atoms with Crippen molar-refractivity contribution in [3.05, 3.63) is 72.7 Å². The number of nitro groups is 1. The van der Waals surface area contributed by atoms with E-state index in [0.717, 1.165) is 4.47 Å². The van der Waals surface area contributed by atoms with E-state index in [1.54, 1.807) is 12.1 Å². The molecule has 0 bridgehead atoms. The second-order valence-corrected chi connectivity index (χ2v) is 8.13. The summed E-state index contributed by atoms with van der Waals surface area (Å²) in [6.07, 6.45) is 1.33. The summed E-state index contributed by atoms with van der Waals surface area (Å²) in [7, 11) is 0. The molecule has 8 nitrogen and oxygen atoms in total. The van der Waals surface area contributed by atoms with Gasteiger partial charge in [-0.25, -0.2) is 4.98 Å². The van der Waals surface area contributed by atoms with Gasteiger partial charge in [-0.05, 0) is 30.3 Å². The topological polar surface area (TPSA) is 111 Å². The van der Waals surface area contributed by atoms with Crippen LogP contribution in [0.1, 0.15) is 32.2 Å². The molecule has 0 radical (unpaired) electrons. The third kappa shape index (κ3) is 3.79. The lowest BCUT2D eigenvalue weighted by atomic mass is 9.95. The summed E-state index contributed by atoms with van der Waals surface area (Å²) in [4.78, 5) is 28.0. The molecule has 0 aliphatic carbocycles. The van der Waals surface area contributed by atoms with Gasteiger partial charge in [0.15, 0.2) is 5.75 Å². The molecule has 0 saturated heterocycles. The monoisotopic (exact) mass is 444 g/mol. The first-order chi connectivity index (χ1) is 13.1. The zero-order valence-corrected chi connectivity index (χ0v) is 17.0. The summed E-state index contributed by atoms with van der Waals surface area (Å²) in [5, 5.41) is 25.2. The number of phenols is 1. The summed E-state index contributed by atoms with van der Waals surface area (Å²) in [6.45, 7) is 5.74. The Kier molecular flexibility index (Phi) is 5.03. The van der Waals surface area contributed by atoms with Crippen LogP contribution in [0.2, 0.25) is 0 Å². The highest BCUT2D eigenvalue weighted by Gasteiger charge is 2.23. The number of nitro benzene ring substituents is 1. The number of nitrogens with zero attached hydrogens (tertiary/aromatic N) is 4. The molecule has 1 aromatic heterocycles. The smallest absolute Gasteiger partial charge is 0.311 e. The molecule has 3 aromatic rings. The first kappa shape index (κ1) is 19.7. The highest BCUT2D eigenvalue weighted by Crippen LogP contribution is 2.26. The lowest BCUT2D eigenvalue weighted by Crippen LogP contribution is -2.29. The molecule has 2 aromatic carbocycles. The van der Waals surface area contributed by atoms with Crippen LogP contribution in [0.3, 0.4) is 0 Å². The zero-order valence-electron chi connectivity index (χ0n) is 15.4. The SMILES string of the molecule is CC(C)(C)c1nc2ccc(Br)cc2c(=O)n1N=Cc1ccc(O)c([N+](=O)[O-])c1. The maximum atomic E-state index is 13.0. The van der Waals surface area contributed by atoms with Gasteiger partial charge in [-0.1, -0.05) is 36.7 Å². The van der Waals surface area contributed by atoms with Crippen molar-refractivity contribution >= 4 is 38.7 Å². The van der Waals surface area contributed by atoms with E-state index in [-0.39, 0.29) is 5.56 Å². The Bertz CT molecular complexity index is 1180. The standard InChI is InChI=1S/C19H17BrN4O4/c1-19(2,3)18-22-14-6-5-12(20)9-13(14)17(26)23(18)21-10-11-4-7-16(25)15(8-11)24(27)28/h4-10,25H,1-3H3. The summed E-state index contributed by atoms with van der Waals surface area (Å²) < 4.78 is 1.94. The van der Waals surface area contributed by atoms with Crippen LogP contribution in [-0.4, -0.2) is 25.9 Å². The largest absolute Gasteiger partial charge is 0.502 e. The fourth-order valence-corrected chi connectivity index (χ4v) is 2.99. The molecule has 1 heterocycles. The van der Waals surface area contributed by atoms with E-state index in [1.807, 2.05) is 26.8 Å². The minimum Gasteiger partial charge on any atom is -0.502 e. The van der Waals surface area contributed by atoms with Crippen LogP contribution in [0.5, 0.6) is 5.75 Å². The van der Waals surface area contributed by atoms with Gasteiger partial charge >= 0.3 is 5.69 Å². The quantitative estimate of drug-likeness (QED) is 0.373. The molecule has 0 aliphatic heterocycles. The number of rotatable bonds is 3. The van der Waals surface area contributed by atoms with Gasteiger partial charge in [-0.2, -0.15) is 9.78 Å². The first-order valence-corrected chi connectivity index (χ1v) is 9.12. The van der Waals surface area contributed by atoms with Crippen molar-refractivity contribution in [3.63, 3.8) is 0 Å². The Hall–Kier alpha value is -3.07. The molecule has 0 unspecified atom stereocenters. The fourth-order valence-electron chi connectivity index (χ4n) is 2.63. The summed E-state index contributed by atoms with van der Waals surface area (Å²) in [5.41, 5.74) is -0.331. The minimum atomic E-state index is -0.686. The molecule has 28 heavy (non-hydrogen) atoms. The van der Waals surface area contributed by atoms with Crippen LogP contribution in [0.25, 0.3) is 10.9 Å². The maximum absolute atomic E-state index is 13.0. The average Bonchev–Trinajstić information content (AvgIpc) is 2.61. The van der Waals surface area contributed by atoms with E-state index in [2.05, 4.69) is 26.0 Å². The molecule has 0 atom stereocenters. The summed E-state index contributed by atoms with van der Waals surface area (Å²) in [5.74, 6) is 0.0174. The third-order valence-electron chi connectivity index (χ3n) is 4.00. The first-order valence-electron chi connectivity index (χ1n) is 8.32. The predicted molar refractivity (Wildman–Crippen MR) is 110 cm³/mol. The van der Waals surface area contributed by atoms with Crippen molar-refractivity contribution in [3.8, 4) is 5.75 Å². The molecule has 9 heteroatoms. The van der Waals surface area contributed by atoms with Gasteiger partial charge in [0.05, 0.1) is 22.0 Å². The Morgan fingerprint density at radius 3 is 2.61 bits per heavy atom. The van der Waals surface area contributed by atoms with Crippen molar-refractivity contribution in [2.24, 2.45) is 5.10 Å². The van der Waals surface area contributed by atoms with Gasteiger partial charge in [-0.3, -0.25) is 14.9 Å². The molecule has 0 spiro atoms. The van der Waals surface area contributed by atoms with Crippen LogP contribution in [-0.2, 0) is 5.41 Å². The molecule has 0 amide bonds. The van der Waals surface area contributed by atoms with Crippen molar-refractivity contribution in [2.75, 3.05) is 0 Å². The number of aromatic hydroxyl groups is 1. The molecule has 1 N–H and O–H groups in total. The van der Waals surface area contributed by atoms with Gasteiger partial charge < -0.3 is 5.11 Å².